The lowest BCUT2D eigenvalue weighted by Gasteiger charge is -2.30. The van der Waals surface area contributed by atoms with Gasteiger partial charge in [0, 0.05) is 27.7 Å². The number of anilines is 1. The number of aromatic nitrogens is 1. The summed E-state index contributed by atoms with van der Waals surface area (Å²) in [5, 5.41) is 4.94. The third kappa shape index (κ3) is 3.64. The fourth-order valence-corrected chi connectivity index (χ4v) is 5.18. The van der Waals surface area contributed by atoms with Gasteiger partial charge in [-0.25, -0.2) is 8.42 Å². The van der Waals surface area contributed by atoms with Crippen molar-refractivity contribution in [2.75, 3.05) is 25.5 Å². The van der Waals surface area contributed by atoms with Gasteiger partial charge in [-0.2, -0.15) is 0 Å². The molecule has 1 aromatic heterocycles. The van der Waals surface area contributed by atoms with Crippen LogP contribution < -0.4 is 5.32 Å². The Bertz CT molecular complexity index is 1120. The number of nitrogens with zero attached hydrogens (tertiary/aromatic N) is 1. The van der Waals surface area contributed by atoms with Crippen molar-refractivity contribution in [2.45, 2.75) is 35.7 Å². The summed E-state index contributed by atoms with van der Waals surface area (Å²) in [5.74, 6) is 0. The third-order valence-corrected chi connectivity index (χ3v) is 7.48. The maximum absolute atomic E-state index is 13.2. The molecule has 0 bridgehead atoms. The molecule has 5 nitrogen and oxygen atoms in total. The second-order valence-electron chi connectivity index (χ2n) is 7.54. The number of H-pyrrole nitrogens is 1. The number of hydrogen-bond donors (Lipinski definition) is 2. The van der Waals surface area contributed by atoms with Crippen LogP contribution in [0.25, 0.3) is 10.9 Å². The Balaban J connectivity index is 1.66. The molecule has 0 aliphatic carbocycles. The van der Waals surface area contributed by atoms with Gasteiger partial charge in [0.05, 0.1) is 4.90 Å². The highest BCUT2D eigenvalue weighted by atomic mass is 35.5. The highest BCUT2D eigenvalue weighted by Crippen LogP contribution is 2.31. The number of rotatable bonds is 4. The standard InChI is InChI=1S/C21H24ClN3O2S/c1-14-6-7-16(12-20(14)23-15-8-10-25(2)11-9-15)28(26,27)21-13-17-18(22)4-3-5-19(17)24-21/h3-7,12-13,15,23-24H,8-11H2,1-2H3. The van der Waals surface area contributed by atoms with Crippen LogP contribution in [0.4, 0.5) is 5.69 Å². The zero-order valence-corrected chi connectivity index (χ0v) is 17.6. The van der Waals surface area contributed by atoms with Crippen molar-refractivity contribution >= 4 is 38.0 Å². The molecule has 0 unspecified atom stereocenters. The minimum absolute atomic E-state index is 0.157. The smallest absolute Gasteiger partial charge is 0.221 e. The molecule has 1 aliphatic heterocycles. The van der Waals surface area contributed by atoms with Crippen molar-refractivity contribution in [1.29, 1.82) is 0 Å². The molecule has 4 rings (SSSR count). The minimum atomic E-state index is -3.67. The van der Waals surface area contributed by atoms with Crippen molar-refractivity contribution in [3.05, 3.63) is 53.1 Å². The summed E-state index contributed by atoms with van der Waals surface area (Å²) in [6.45, 7) is 4.09. The minimum Gasteiger partial charge on any atom is -0.382 e. The number of benzene rings is 2. The zero-order chi connectivity index (χ0) is 19.9. The lowest BCUT2D eigenvalue weighted by atomic mass is 10.0. The van der Waals surface area contributed by atoms with Crippen LogP contribution in [0.3, 0.4) is 0 Å². The van der Waals surface area contributed by atoms with Crippen LogP contribution in [-0.2, 0) is 9.84 Å². The molecule has 0 radical (unpaired) electrons. The molecule has 1 saturated heterocycles. The molecule has 0 spiro atoms. The van der Waals surface area contributed by atoms with Crippen LogP contribution in [0.2, 0.25) is 5.02 Å². The van der Waals surface area contributed by atoms with E-state index in [1.165, 1.54) is 0 Å². The van der Waals surface area contributed by atoms with Crippen molar-refractivity contribution in [2.24, 2.45) is 0 Å². The zero-order valence-electron chi connectivity index (χ0n) is 16.0. The molecule has 0 atom stereocenters. The van der Waals surface area contributed by atoms with E-state index in [9.17, 15) is 8.42 Å². The molecule has 3 aromatic rings. The van der Waals surface area contributed by atoms with E-state index in [0.29, 0.717) is 22.0 Å². The van der Waals surface area contributed by atoms with E-state index < -0.39 is 9.84 Å². The van der Waals surface area contributed by atoms with E-state index in [-0.39, 0.29) is 9.92 Å². The topological polar surface area (TPSA) is 65.2 Å². The average Bonchev–Trinajstić information content (AvgIpc) is 3.12. The summed E-state index contributed by atoms with van der Waals surface area (Å²) in [7, 11) is -1.54. The normalized spacial score (nSPS) is 16.5. The predicted molar refractivity (Wildman–Crippen MR) is 114 cm³/mol. The highest BCUT2D eigenvalue weighted by molar-refractivity contribution is 7.91. The molecule has 2 heterocycles. The van der Waals surface area contributed by atoms with Crippen LogP contribution in [0.15, 0.2) is 52.4 Å². The molecule has 28 heavy (non-hydrogen) atoms. The lowest BCUT2D eigenvalue weighted by Crippen LogP contribution is -2.36. The van der Waals surface area contributed by atoms with Gasteiger partial charge in [-0.15, -0.1) is 0 Å². The molecule has 1 aliphatic rings. The number of aromatic amines is 1. The van der Waals surface area contributed by atoms with Crippen molar-refractivity contribution < 1.29 is 8.42 Å². The van der Waals surface area contributed by atoms with E-state index in [4.69, 9.17) is 11.6 Å². The summed E-state index contributed by atoms with van der Waals surface area (Å²) in [6.07, 6.45) is 2.10. The van der Waals surface area contributed by atoms with Gasteiger partial charge in [0.25, 0.3) is 0 Å². The van der Waals surface area contributed by atoms with Gasteiger partial charge >= 0.3 is 0 Å². The first-order valence-corrected chi connectivity index (χ1v) is 11.3. The van der Waals surface area contributed by atoms with Crippen molar-refractivity contribution in [1.82, 2.24) is 9.88 Å². The van der Waals surface area contributed by atoms with E-state index in [1.807, 2.05) is 19.1 Å². The molecule has 1 fully saturated rings. The van der Waals surface area contributed by atoms with Gasteiger partial charge < -0.3 is 15.2 Å². The Hall–Kier alpha value is -2.02. The number of piperidine rings is 1. The Morgan fingerprint density at radius 2 is 1.89 bits per heavy atom. The fraction of sp³-hybridized carbons (Fsp3) is 0.333. The molecule has 2 N–H and O–H groups in total. The monoisotopic (exact) mass is 417 g/mol. The van der Waals surface area contributed by atoms with Crippen LogP contribution >= 0.6 is 11.6 Å². The number of sulfone groups is 1. The molecular formula is C21H24ClN3O2S. The predicted octanol–water partition coefficient (Wildman–Crippen LogP) is 4.47. The first-order valence-electron chi connectivity index (χ1n) is 9.42. The summed E-state index contributed by atoms with van der Waals surface area (Å²) < 4.78 is 26.4. The van der Waals surface area contributed by atoms with Gasteiger partial charge in [-0.3, -0.25) is 0 Å². The van der Waals surface area contributed by atoms with E-state index >= 15 is 0 Å². The number of fused-ring (bicyclic) bond motifs is 1. The molecule has 0 saturated carbocycles. The maximum Gasteiger partial charge on any atom is 0.221 e. The molecule has 2 aromatic carbocycles. The largest absolute Gasteiger partial charge is 0.382 e. The first kappa shape index (κ1) is 19.3. The summed E-state index contributed by atoms with van der Waals surface area (Å²) in [5.41, 5.74) is 2.63. The average molecular weight is 418 g/mol. The fourth-order valence-electron chi connectivity index (χ4n) is 3.66. The molecule has 7 heteroatoms. The van der Waals surface area contributed by atoms with Gasteiger partial charge in [0.15, 0.2) is 0 Å². The van der Waals surface area contributed by atoms with Gasteiger partial charge in [-0.05, 0) is 75.8 Å². The Morgan fingerprint density at radius 1 is 1.14 bits per heavy atom. The van der Waals surface area contributed by atoms with E-state index in [1.54, 1.807) is 30.3 Å². The number of likely N-dealkylation sites (tertiary alicyclic amines) is 1. The van der Waals surface area contributed by atoms with Gasteiger partial charge in [0.2, 0.25) is 9.84 Å². The Labute approximate surface area is 170 Å². The quantitative estimate of drug-likeness (QED) is 0.657. The number of aryl methyl sites for hydroxylation is 1. The number of nitrogens with one attached hydrogen (secondary N) is 2. The highest BCUT2D eigenvalue weighted by Gasteiger charge is 2.23. The SMILES string of the molecule is Cc1ccc(S(=O)(=O)c2cc3c(Cl)cccc3[nH]2)cc1NC1CCN(C)CC1. The first-order chi connectivity index (χ1) is 13.3. The Kier molecular flexibility index (Phi) is 5.12. The summed E-state index contributed by atoms with van der Waals surface area (Å²) in [4.78, 5) is 5.58. The maximum atomic E-state index is 13.2. The molecule has 0 amide bonds. The number of hydrogen-bond acceptors (Lipinski definition) is 4. The lowest BCUT2D eigenvalue weighted by molar-refractivity contribution is 0.264. The second kappa shape index (κ2) is 7.43. The summed E-state index contributed by atoms with van der Waals surface area (Å²) >= 11 is 6.20. The molecule has 148 valence electrons. The van der Waals surface area contributed by atoms with Gasteiger partial charge in [-0.1, -0.05) is 23.7 Å². The summed E-state index contributed by atoms with van der Waals surface area (Å²) in [6, 6.07) is 12.6. The van der Waals surface area contributed by atoms with Crippen LogP contribution in [0.5, 0.6) is 0 Å². The van der Waals surface area contributed by atoms with Crippen LogP contribution in [0.1, 0.15) is 18.4 Å². The molecular weight excluding hydrogens is 394 g/mol. The van der Waals surface area contributed by atoms with Crippen molar-refractivity contribution in [3.63, 3.8) is 0 Å². The van der Waals surface area contributed by atoms with Crippen LogP contribution in [-0.4, -0.2) is 44.5 Å². The van der Waals surface area contributed by atoms with Crippen molar-refractivity contribution in [3.8, 4) is 0 Å². The van der Waals surface area contributed by atoms with E-state index in [2.05, 4.69) is 22.2 Å². The third-order valence-electron chi connectivity index (χ3n) is 5.47. The number of halogens is 1. The Morgan fingerprint density at radius 3 is 2.61 bits per heavy atom. The van der Waals surface area contributed by atoms with Gasteiger partial charge in [0.1, 0.15) is 5.03 Å². The second-order valence-corrected chi connectivity index (χ2v) is 9.86. The van der Waals surface area contributed by atoms with E-state index in [0.717, 1.165) is 37.2 Å². The van der Waals surface area contributed by atoms with Crippen LogP contribution in [0, 0.1) is 6.92 Å².